The van der Waals surface area contributed by atoms with Crippen LogP contribution in [0.4, 0.5) is 11.6 Å². The fraction of sp³-hybridized carbons (Fsp3) is 0.600. The zero-order valence-corrected chi connectivity index (χ0v) is 11.6. The maximum absolute atomic E-state index is 5.13. The molecule has 0 aromatic carbocycles. The number of ether oxygens (including phenoxy) is 1. The van der Waals surface area contributed by atoms with Gasteiger partial charge in [0.05, 0.1) is 12.6 Å². The van der Waals surface area contributed by atoms with Gasteiger partial charge in [0, 0.05) is 21.2 Å². The molecule has 5 nitrogen and oxygen atoms in total. The minimum atomic E-state index is 0.251. The van der Waals surface area contributed by atoms with Crippen molar-refractivity contribution in [1.82, 2.24) is 9.97 Å². The molecule has 0 fully saturated rings. The van der Waals surface area contributed by atoms with E-state index in [2.05, 4.69) is 43.0 Å². The molecule has 0 saturated heterocycles. The van der Waals surface area contributed by atoms with E-state index < -0.39 is 0 Å². The summed E-state index contributed by atoms with van der Waals surface area (Å²) in [5.74, 6) is 1.63. The highest BCUT2D eigenvalue weighted by atomic mass is 79.9. The first kappa shape index (κ1) is 13.2. The molecule has 1 unspecified atom stereocenters. The van der Waals surface area contributed by atoms with Crippen molar-refractivity contribution in [2.75, 3.05) is 38.0 Å². The van der Waals surface area contributed by atoms with E-state index >= 15 is 0 Å². The van der Waals surface area contributed by atoms with Gasteiger partial charge in [-0.05, 0) is 22.9 Å². The molecule has 1 aromatic heterocycles. The Morgan fingerprint density at radius 2 is 2.25 bits per heavy atom. The van der Waals surface area contributed by atoms with E-state index in [9.17, 15) is 0 Å². The summed E-state index contributed by atoms with van der Waals surface area (Å²) in [6.07, 6.45) is 1.54. The zero-order valence-electron chi connectivity index (χ0n) is 9.99. The monoisotopic (exact) mass is 288 g/mol. The van der Waals surface area contributed by atoms with Crippen molar-refractivity contribution < 1.29 is 4.74 Å². The molecule has 16 heavy (non-hydrogen) atoms. The maximum Gasteiger partial charge on any atom is 0.148 e. The van der Waals surface area contributed by atoms with Crippen LogP contribution in [-0.4, -0.2) is 43.8 Å². The average molecular weight is 289 g/mol. The SMILES string of the molecule is CNc1ncnc(N(C)C(C)COC)c1Br. The fourth-order valence-corrected chi connectivity index (χ4v) is 2.03. The summed E-state index contributed by atoms with van der Waals surface area (Å²) in [5, 5.41) is 3.01. The predicted octanol–water partition coefficient (Wildman–Crippen LogP) is 1.75. The number of methoxy groups -OCH3 is 1. The molecule has 6 heteroatoms. The number of anilines is 2. The molecular formula is C10H17BrN4O. The van der Waals surface area contributed by atoms with Crippen LogP contribution in [0, 0.1) is 0 Å². The summed E-state index contributed by atoms with van der Waals surface area (Å²) < 4.78 is 5.99. The highest BCUT2D eigenvalue weighted by Gasteiger charge is 2.16. The molecule has 1 rings (SSSR count). The van der Waals surface area contributed by atoms with Crippen molar-refractivity contribution >= 4 is 27.6 Å². The lowest BCUT2D eigenvalue weighted by Gasteiger charge is -2.26. The number of halogens is 1. The summed E-state index contributed by atoms with van der Waals surface area (Å²) in [6.45, 7) is 2.74. The molecule has 0 amide bonds. The van der Waals surface area contributed by atoms with Crippen LogP contribution in [0.25, 0.3) is 0 Å². The second-order valence-corrected chi connectivity index (χ2v) is 4.32. The molecule has 0 aliphatic carbocycles. The smallest absolute Gasteiger partial charge is 0.148 e. The van der Waals surface area contributed by atoms with Crippen LogP contribution < -0.4 is 10.2 Å². The summed E-state index contributed by atoms with van der Waals surface area (Å²) in [5.41, 5.74) is 0. The number of rotatable bonds is 5. The van der Waals surface area contributed by atoms with Gasteiger partial charge in [-0.3, -0.25) is 0 Å². The zero-order chi connectivity index (χ0) is 12.1. The third kappa shape index (κ3) is 2.82. The normalized spacial score (nSPS) is 12.3. The highest BCUT2D eigenvalue weighted by molar-refractivity contribution is 9.10. The van der Waals surface area contributed by atoms with E-state index in [4.69, 9.17) is 4.74 Å². The van der Waals surface area contributed by atoms with Gasteiger partial charge in [-0.15, -0.1) is 0 Å². The van der Waals surface area contributed by atoms with E-state index in [-0.39, 0.29) is 6.04 Å². The van der Waals surface area contributed by atoms with Gasteiger partial charge >= 0.3 is 0 Å². The Balaban J connectivity index is 2.94. The number of aromatic nitrogens is 2. The van der Waals surface area contributed by atoms with Crippen LogP contribution in [0.5, 0.6) is 0 Å². The van der Waals surface area contributed by atoms with Crippen LogP contribution in [0.2, 0.25) is 0 Å². The minimum Gasteiger partial charge on any atom is -0.383 e. The van der Waals surface area contributed by atoms with Crippen molar-refractivity contribution in [3.63, 3.8) is 0 Å². The number of hydrogen-bond donors (Lipinski definition) is 1. The van der Waals surface area contributed by atoms with Gasteiger partial charge in [0.1, 0.15) is 22.4 Å². The fourth-order valence-electron chi connectivity index (χ4n) is 1.34. The minimum absolute atomic E-state index is 0.251. The molecule has 0 spiro atoms. The first-order valence-electron chi connectivity index (χ1n) is 5.01. The quantitative estimate of drug-likeness (QED) is 0.895. The summed E-state index contributed by atoms with van der Waals surface area (Å²) in [6, 6.07) is 0.251. The average Bonchev–Trinajstić information content (AvgIpc) is 2.29. The predicted molar refractivity (Wildman–Crippen MR) is 69.0 cm³/mol. The van der Waals surface area contributed by atoms with E-state index in [0.29, 0.717) is 6.61 Å². The van der Waals surface area contributed by atoms with Gasteiger partial charge in [-0.25, -0.2) is 9.97 Å². The third-order valence-electron chi connectivity index (χ3n) is 2.41. The summed E-state index contributed by atoms with van der Waals surface area (Å²) in [7, 11) is 5.50. The lowest BCUT2D eigenvalue weighted by atomic mass is 10.3. The van der Waals surface area contributed by atoms with Crippen molar-refractivity contribution in [3.8, 4) is 0 Å². The third-order valence-corrected chi connectivity index (χ3v) is 3.14. The van der Waals surface area contributed by atoms with Crippen LogP contribution in [0.1, 0.15) is 6.92 Å². The molecule has 0 saturated carbocycles. The number of likely N-dealkylation sites (N-methyl/N-ethyl adjacent to an activating group) is 1. The molecule has 1 aromatic rings. The Kier molecular flexibility index (Phi) is 4.95. The van der Waals surface area contributed by atoms with Crippen molar-refractivity contribution in [1.29, 1.82) is 0 Å². The van der Waals surface area contributed by atoms with Crippen LogP contribution in [0.3, 0.4) is 0 Å². The van der Waals surface area contributed by atoms with E-state index in [0.717, 1.165) is 16.1 Å². The Labute approximate surface area is 104 Å². The molecule has 1 N–H and O–H groups in total. The lowest BCUT2D eigenvalue weighted by molar-refractivity contribution is 0.183. The molecule has 0 bridgehead atoms. The number of nitrogens with one attached hydrogen (secondary N) is 1. The summed E-state index contributed by atoms with van der Waals surface area (Å²) >= 11 is 3.49. The van der Waals surface area contributed by atoms with Crippen LogP contribution in [-0.2, 0) is 4.74 Å². The van der Waals surface area contributed by atoms with E-state index in [1.165, 1.54) is 0 Å². The number of hydrogen-bond acceptors (Lipinski definition) is 5. The standard InChI is InChI=1S/C10H17BrN4O/c1-7(5-16-4)15(3)10-8(11)9(12-2)13-6-14-10/h6-7H,5H2,1-4H3,(H,12,13,14). The van der Waals surface area contributed by atoms with Crippen molar-refractivity contribution in [3.05, 3.63) is 10.8 Å². The van der Waals surface area contributed by atoms with Gasteiger partial charge in [-0.2, -0.15) is 0 Å². The molecule has 0 aliphatic heterocycles. The molecular weight excluding hydrogens is 272 g/mol. The molecule has 0 radical (unpaired) electrons. The first-order chi connectivity index (χ1) is 7.61. The van der Waals surface area contributed by atoms with E-state index in [1.807, 2.05) is 14.1 Å². The Morgan fingerprint density at radius 3 is 2.81 bits per heavy atom. The van der Waals surface area contributed by atoms with Crippen LogP contribution >= 0.6 is 15.9 Å². The Morgan fingerprint density at radius 1 is 1.56 bits per heavy atom. The molecule has 0 aliphatic rings. The Bertz CT molecular complexity index is 348. The van der Waals surface area contributed by atoms with Gasteiger partial charge in [-0.1, -0.05) is 0 Å². The van der Waals surface area contributed by atoms with Crippen molar-refractivity contribution in [2.24, 2.45) is 0 Å². The van der Waals surface area contributed by atoms with Crippen LogP contribution in [0.15, 0.2) is 10.8 Å². The Hall–Kier alpha value is -0.880. The topological polar surface area (TPSA) is 50.3 Å². The lowest BCUT2D eigenvalue weighted by Crippen LogP contribution is -2.33. The molecule has 1 heterocycles. The second kappa shape index (κ2) is 6.00. The van der Waals surface area contributed by atoms with Gasteiger partial charge in [0.2, 0.25) is 0 Å². The first-order valence-corrected chi connectivity index (χ1v) is 5.81. The second-order valence-electron chi connectivity index (χ2n) is 3.53. The molecule has 1 atom stereocenters. The molecule has 90 valence electrons. The van der Waals surface area contributed by atoms with Gasteiger partial charge < -0.3 is 15.0 Å². The van der Waals surface area contributed by atoms with Gasteiger partial charge in [0.15, 0.2) is 0 Å². The number of nitrogens with zero attached hydrogens (tertiary/aromatic N) is 3. The highest BCUT2D eigenvalue weighted by Crippen LogP contribution is 2.29. The van der Waals surface area contributed by atoms with Crippen molar-refractivity contribution in [2.45, 2.75) is 13.0 Å². The summed E-state index contributed by atoms with van der Waals surface area (Å²) in [4.78, 5) is 10.4. The van der Waals surface area contributed by atoms with Gasteiger partial charge in [0.25, 0.3) is 0 Å². The largest absolute Gasteiger partial charge is 0.383 e. The van der Waals surface area contributed by atoms with E-state index in [1.54, 1.807) is 13.4 Å². The maximum atomic E-state index is 5.13.